The standard InChI is InChI=1S/C13H19NO5S/c1-10(6-5-9-13(15)16)14-20(17,18)12-8-4-3-7-11(12)19-2/h3-4,7-8,10,14H,5-6,9H2,1-2H3,(H,15,16). The van der Waals surface area contributed by atoms with Gasteiger partial charge in [0, 0.05) is 12.5 Å². The number of hydrogen-bond donors (Lipinski definition) is 2. The summed E-state index contributed by atoms with van der Waals surface area (Å²) in [5.74, 6) is -0.609. The maximum absolute atomic E-state index is 12.2. The molecule has 0 bridgehead atoms. The third-order valence-electron chi connectivity index (χ3n) is 2.74. The highest BCUT2D eigenvalue weighted by atomic mass is 32.2. The minimum Gasteiger partial charge on any atom is -0.495 e. The Kier molecular flexibility index (Phi) is 5.97. The van der Waals surface area contributed by atoms with Crippen molar-refractivity contribution in [2.75, 3.05) is 7.11 Å². The van der Waals surface area contributed by atoms with Crippen LogP contribution in [0.1, 0.15) is 26.2 Å². The van der Waals surface area contributed by atoms with Crippen molar-refractivity contribution in [3.63, 3.8) is 0 Å². The summed E-state index contributed by atoms with van der Waals surface area (Å²) in [6.45, 7) is 1.70. The van der Waals surface area contributed by atoms with Crippen LogP contribution in [0, 0.1) is 0 Å². The molecule has 0 amide bonds. The van der Waals surface area contributed by atoms with Crippen LogP contribution in [-0.4, -0.2) is 32.6 Å². The summed E-state index contributed by atoms with van der Waals surface area (Å²) < 4.78 is 32.0. The predicted octanol–water partition coefficient (Wildman–Crippen LogP) is 1.62. The average molecular weight is 301 g/mol. The van der Waals surface area contributed by atoms with Gasteiger partial charge in [-0.15, -0.1) is 0 Å². The van der Waals surface area contributed by atoms with Gasteiger partial charge >= 0.3 is 5.97 Å². The highest BCUT2D eigenvalue weighted by Gasteiger charge is 2.21. The fourth-order valence-corrected chi connectivity index (χ4v) is 3.24. The number of nitrogens with one attached hydrogen (secondary N) is 1. The molecule has 7 heteroatoms. The van der Waals surface area contributed by atoms with Gasteiger partial charge in [-0.2, -0.15) is 0 Å². The zero-order valence-corrected chi connectivity index (χ0v) is 12.3. The molecule has 1 aromatic rings. The number of carboxylic acid groups (broad SMARTS) is 1. The second-order valence-electron chi connectivity index (χ2n) is 4.46. The van der Waals surface area contributed by atoms with Crippen molar-refractivity contribution in [1.82, 2.24) is 4.72 Å². The number of benzene rings is 1. The molecule has 1 unspecified atom stereocenters. The van der Waals surface area contributed by atoms with Gasteiger partial charge in [0.1, 0.15) is 10.6 Å². The number of carboxylic acids is 1. The zero-order valence-electron chi connectivity index (χ0n) is 11.5. The maximum Gasteiger partial charge on any atom is 0.303 e. The summed E-state index contributed by atoms with van der Waals surface area (Å²) in [4.78, 5) is 10.5. The van der Waals surface area contributed by atoms with Crippen molar-refractivity contribution in [3.8, 4) is 5.75 Å². The molecule has 0 aliphatic heterocycles. The summed E-state index contributed by atoms with van der Waals surface area (Å²) >= 11 is 0. The Morgan fingerprint density at radius 2 is 2.05 bits per heavy atom. The second-order valence-corrected chi connectivity index (χ2v) is 6.14. The quantitative estimate of drug-likeness (QED) is 0.761. The molecule has 0 saturated heterocycles. The minimum atomic E-state index is -3.68. The van der Waals surface area contributed by atoms with E-state index in [0.29, 0.717) is 12.8 Å². The maximum atomic E-state index is 12.2. The highest BCUT2D eigenvalue weighted by Crippen LogP contribution is 2.23. The van der Waals surface area contributed by atoms with Gasteiger partial charge in [-0.3, -0.25) is 4.79 Å². The van der Waals surface area contributed by atoms with E-state index in [0.717, 1.165) is 0 Å². The molecule has 0 aliphatic rings. The molecular formula is C13H19NO5S. The predicted molar refractivity (Wildman–Crippen MR) is 74.3 cm³/mol. The Morgan fingerprint density at radius 3 is 2.65 bits per heavy atom. The summed E-state index contributed by atoms with van der Waals surface area (Å²) in [5, 5.41) is 8.55. The van der Waals surface area contributed by atoms with Crippen molar-refractivity contribution in [1.29, 1.82) is 0 Å². The van der Waals surface area contributed by atoms with Gasteiger partial charge in [-0.25, -0.2) is 13.1 Å². The zero-order chi connectivity index (χ0) is 15.2. The van der Waals surface area contributed by atoms with Gasteiger partial charge in [0.15, 0.2) is 0 Å². The SMILES string of the molecule is COc1ccccc1S(=O)(=O)NC(C)CCCC(=O)O. The minimum absolute atomic E-state index is 0.0285. The third kappa shape index (κ3) is 4.82. The molecule has 20 heavy (non-hydrogen) atoms. The molecule has 0 radical (unpaired) electrons. The third-order valence-corrected chi connectivity index (χ3v) is 4.37. The van der Waals surface area contributed by atoms with E-state index in [1.807, 2.05) is 0 Å². The van der Waals surface area contributed by atoms with Crippen LogP contribution in [0.2, 0.25) is 0 Å². The first-order valence-corrected chi connectivity index (χ1v) is 7.72. The Hall–Kier alpha value is -1.60. The van der Waals surface area contributed by atoms with Crippen molar-refractivity contribution in [3.05, 3.63) is 24.3 Å². The lowest BCUT2D eigenvalue weighted by Crippen LogP contribution is -2.32. The molecule has 2 N–H and O–H groups in total. The van der Waals surface area contributed by atoms with Crippen LogP contribution >= 0.6 is 0 Å². The molecule has 1 aromatic carbocycles. The molecule has 0 aromatic heterocycles. The first-order chi connectivity index (χ1) is 9.36. The smallest absolute Gasteiger partial charge is 0.303 e. The van der Waals surface area contributed by atoms with Crippen molar-refractivity contribution < 1.29 is 23.1 Å². The number of hydrogen-bond acceptors (Lipinski definition) is 4. The van der Waals surface area contributed by atoms with Crippen molar-refractivity contribution in [2.45, 2.75) is 37.1 Å². The second kappa shape index (κ2) is 7.25. The first-order valence-electron chi connectivity index (χ1n) is 6.24. The molecule has 0 aliphatic carbocycles. The Balaban J connectivity index is 2.72. The van der Waals surface area contributed by atoms with E-state index in [9.17, 15) is 13.2 Å². The molecule has 0 saturated carbocycles. The molecule has 6 nitrogen and oxygen atoms in total. The van der Waals surface area contributed by atoms with E-state index in [1.54, 1.807) is 25.1 Å². The number of carbonyl (C=O) groups is 1. The summed E-state index contributed by atoms with van der Waals surface area (Å²) in [6, 6.07) is 6.00. The van der Waals surface area contributed by atoms with E-state index in [-0.39, 0.29) is 23.1 Å². The normalized spacial score (nSPS) is 12.9. The van der Waals surface area contributed by atoms with Gasteiger partial charge in [-0.1, -0.05) is 12.1 Å². The van der Waals surface area contributed by atoms with Crippen LogP contribution in [0.4, 0.5) is 0 Å². The van der Waals surface area contributed by atoms with E-state index >= 15 is 0 Å². The molecule has 112 valence electrons. The highest BCUT2D eigenvalue weighted by molar-refractivity contribution is 7.89. The van der Waals surface area contributed by atoms with Crippen LogP contribution < -0.4 is 9.46 Å². The van der Waals surface area contributed by atoms with E-state index in [4.69, 9.17) is 9.84 Å². The largest absolute Gasteiger partial charge is 0.495 e. The Labute approximate surface area is 118 Å². The van der Waals surface area contributed by atoms with Gasteiger partial charge in [0.25, 0.3) is 0 Å². The molecule has 0 fully saturated rings. The van der Waals surface area contributed by atoms with Gasteiger partial charge in [0.2, 0.25) is 10.0 Å². The molecular weight excluding hydrogens is 282 g/mol. The van der Waals surface area contributed by atoms with E-state index in [1.165, 1.54) is 13.2 Å². The lowest BCUT2D eigenvalue weighted by Gasteiger charge is -2.15. The van der Waals surface area contributed by atoms with Crippen LogP contribution in [0.15, 0.2) is 29.2 Å². The molecule has 1 rings (SSSR count). The number of rotatable bonds is 8. The number of para-hydroxylation sites is 1. The summed E-state index contributed by atoms with van der Waals surface area (Å²) in [6.07, 6.45) is 0.909. The van der Waals surface area contributed by atoms with Crippen molar-refractivity contribution >= 4 is 16.0 Å². The molecule has 0 spiro atoms. The summed E-state index contributed by atoms with van der Waals surface area (Å²) in [5.41, 5.74) is 0. The molecule has 1 atom stereocenters. The van der Waals surface area contributed by atoms with E-state index < -0.39 is 16.0 Å². The number of methoxy groups -OCH3 is 1. The van der Waals surface area contributed by atoms with Crippen molar-refractivity contribution in [2.24, 2.45) is 0 Å². The number of ether oxygens (including phenoxy) is 1. The number of aliphatic carboxylic acids is 1. The van der Waals surface area contributed by atoms with Gasteiger partial charge in [0.05, 0.1) is 7.11 Å². The van der Waals surface area contributed by atoms with Crippen LogP contribution in [0.5, 0.6) is 5.75 Å². The molecule has 0 heterocycles. The van der Waals surface area contributed by atoms with Gasteiger partial charge < -0.3 is 9.84 Å². The lowest BCUT2D eigenvalue weighted by molar-refractivity contribution is -0.137. The van der Waals surface area contributed by atoms with Crippen LogP contribution in [0.3, 0.4) is 0 Å². The average Bonchev–Trinajstić information content (AvgIpc) is 2.37. The number of sulfonamides is 1. The fraction of sp³-hybridized carbons (Fsp3) is 0.462. The lowest BCUT2D eigenvalue weighted by atomic mass is 10.1. The monoisotopic (exact) mass is 301 g/mol. The Bertz CT molecular complexity index is 556. The van der Waals surface area contributed by atoms with E-state index in [2.05, 4.69) is 4.72 Å². The first kappa shape index (κ1) is 16.5. The Morgan fingerprint density at radius 1 is 1.40 bits per heavy atom. The summed E-state index contributed by atoms with van der Waals surface area (Å²) in [7, 11) is -2.27. The topological polar surface area (TPSA) is 92.7 Å². The fourth-order valence-electron chi connectivity index (χ4n) is 1.79. The van der Waals surface area contributed by atoms with Crippen LogP contribution in [0.25, 0.3) is 0 Å². The van der Waals surface area contributed by atoms with Crippen LogP contribution in [-0.2, 0) is 14.8 Å². The van der Waals surface area contributed by atoms with Gasteiger partial charge in [-0.05, 0) is 31.9 Å².